The molecule has 0 spiro atoms. The molecule has 0 radical (unpaired) electrons. The van der Waals surface area contributed by atoms with Crippen molar-refractivity contribution in [1.29, 1.82) is 0 Å². The van der Waals surface area contributed by atoms with Gasteiger partial charge in [0.05, 0.1) is 29.8 Å². The van der Waals surface area contributed by atoms with Gasteiger partial charge in [0.15, 0.2) is 0 Å². The van der Waals surface area contributed by atoms with Crippen molar-refractivity contribution in [1.82, 2.24) is 25.5 Å². The summed E-state index contributed by atoms with van der Waals surface area (Å²) in [7, 11) is 0. The molecule has 1 saturated heterocycles. The summed E-state index contributed by atoms with van der Waals surface area (Å²) in [6.07, 6.45) is 5.84. The van der Waals surface area contributed by atoms with E-state index in [0.29, 0.717) is 28.4 Å². The zero-order chi connectivity index (χ0) is 20.6. The monoisotopic (exact) mass is 468 g/mol. The fourth-order valence-corrected chi connectivity index (χ4v) is 3.71. The number of nitrogens with one attached hydrogen (secondary N) is 2. The summed E-state index contributed by atoms with van der Waals surface area (Å²) in [6, 6.07) is 5.36. The van der Waals surface area contributed by atoms with Crippen LogP contribution in [0.15, 0.2) is 36.8 Å². The van der Waals surface area contributed by atoms with Gasteiger partial charge in [0, 0.05) is 30.2 Å². The van der Waals surface area contributed by atoms with Crippen LogP contribution in [0.1, 0.15) is 27.2 Å². The van der Waals surface area contributed by atoms with Crippen LogP contribution in [-0.4, -0.2) is 49.9 Å². The molecule has 3 N–H and O–H groups in total. The van der Waals surface area contributed by atoms with Crippen LogP contribution in [0.25, 0.3) is 22.4 Å². The Labute approximate surface area is 193 Å². The standard InChI is InChI=1S/C21H25FN6O.2ClH/c1-21(2,3)26-14-6-7-28(12-14)19-11-23-17(10-24-19)15-5-4-13(8-18(15)29)16-9-25-27-20(16)22;;/h4-5,8-11,14,26,29H,6-7,12H2,1-3H3,(H,25,27);2*1H. The van der Waals surface area contributed by atoms with Gasteiger partial charge in [-0.3, -0.25) is 10.1 Å². The Kier molecular flexibility index (Phi) is 7.86. The number of phenolic OH excluding ortho intramolecular Hbond substituents is 1. The molecule has 1 aliphatic heterocycles. The Bertz CT molecular complexity index is 1010. The van der Waals surface area contributed by atoms with E-state index in [9.17, 15) is 9.50 Å². The van der Waals surface area contributed by atoms with E-state index >= 15 is 0 Å². The zero-order valence-electron chi connectivity index (χ0n) is 17.6. The summed E-state index contributed by atoms with van der Waals surface area (Å²) in [6.45, 7) is 8.33. The van der Waals surface area contributed by atoms with Gasteiger partial charge in [-0.15, -0.1) is 24.8 Å². The first-order valence-electron chi connectivity index (χ1n) is 9.67. The molecule has 7 nitrogen and oxygen atoms in total. The molecule has 0 amide bonds. The lowest BCUT2D eigenvalue weighted by Gasteiger charge is -2.26. The predicted molar refractivity (Wildman–Crippen MR) is 125 cm³/mol. The summed E-state index contributed by atoms with van der Waals surface area (Å²) in [4.78, 5) is 11.2. The normalized spacial score (nSPS) is 16.0. The summed E-state index contributed by atoms with van der Waals surface area (Å²) in [5, 5.41) is 20.0. The van der Waals surface area contributed by atoms with Crippen LogP contribution in [0.4, 0.5) is 10.2 Å². The fourth-order valence-electron chi connectivity index (χ4n) is 3.71. The Morgan fingerprint density at radius 3 is 2.48 bits per heavy atom. The number of nitrogens with zero attached hydrogens (tertiary/aromatic N) is 4. The van der Waals surface area contributed by atoms with E-state index < -0.39 is 5.95 Å². The predicted octanol–water partition coefficient (Wildman–Crippen LogP) is 4.19. The number of benzene rings is 1. The third kappa shape index (κ3) is 5.64. The molecule has 0 aliphatic carbocycles. The minimum Gasteiger partial charge on any atom is -0.507 e. The lowest BCUT2D eigenvalue weighted by molar-refractivity contribution is 0.373. The van der Waals surface area contributed by atoms with Gasteiger partial charge < -0.3 is 15.3 Å². The molecule has 1 aliphatic rings. The number of aromatic hydroxyl groups is 1. The Hall–Kier alpha value is -2.42. The van der Waals surface area contributed by atoms with Crippen LogP contribution in [0.5, 0.6) is 5.75 Å². The third-order valence-corrected chi connectivity index (χ3v) is 4.97. The average molecular weight is 469 g/mol. The number of phenols is 1. The number of aromatic amines is 1. The van der Waals surface area contributed by atoms with Crippen molar-refractivity contribution in [2.45, 2.75) is 38.8 Å². The number of rotatable bonds is 4. The number of halogens is 3. The van der Waals surface area contributed by atoms with Gasteiger partial charge in [-0.25, -0.2) is 4.98 Å². The van der Waals surface area contributed by atoms with E-state index in [-0.39, 0.29) is 36.1 Å². The van der Waals surface area contributed by atoms with E-state index in [2.05, 4.69) is 51.2 Å². The summed E-state index contributed by atoms with van der Waals surface area (Å²) < 4.78 is 13.7. The van der Waals surface area contributed by atoms with Gasteiger partial charge in [0.25, 0.3) is 0 Å². The SMILES string of the molecule is CC(C)(C)NC1CCN(c2cnc(-c3ccc(-c4cn[nH]c4F)cc3O)cn2)C1.Cl.Cl. The molecule has 31 heavy (non-hydrogen) atoms. The molecule has 0 saturated carbocycles. The second kappa shape index (κ2) is 9.80. The second-order valence-electron chi connectivity index (χ2n) is 8.42. The number of hydrogen-bond donors (Lipinski definition) is 3. The van der Waals surface area contributed by atoms with Gasteiger partial charge in [0.2, 0.25) is 5.95 Å². The summed E-state index contributed by atoms with van der Waals surface area (Å²) >= 11 is 0. The van der Waals surface area contributed by atoms with Crippen molar-refractivity contribution in [3.05, 3.63) is 42.7 Å². The first-order chi connectivity index (χ1) is 13.8. The van der Waals surface area contributed by atoms with Crippen LogP contribution >= 0.6 is 24.8 Å². The van der Waals surface area contributed by atoms with Crippen LogP contribution in [0, 0.1) is 5.95 Å². The van der Waals surface area contributed by atoms with Crippen molar-refractivity contribution in [2.75, 3.05) is 18.0 Å². The maximum atomic E-state index is 13.7. The molecule has 168 valence electrons. The summed E-state index contributed by atoms with van der Waals surface area (Å²) in [5.41, 5.74) is 2.04. The van der Waals surface area contributed by atoms with Crippen molar-refractivity contribution in [2.24, 2.45) is 0 Å². The van der Waals surface area contributed by atoms with Gasteiger partial charge in [0.1, 0.15) is 11.6 Å². The minimum atomic E-state index is -0.536. The number of hydrogen-bond acceptors (Lipinski definition) is 6. The highest BCUT2D eigenvalue weighted by molar-refractivity contribution is 5.85. The zero-order valence-corrected chi connectivity index (χ0v) is 19.2. The number of anilines is 1. The molecule has 1 unspecified atom stereocenters. The average Bonchev–Trinajstić information content (AvgIpc) is 3.29. The third-order valence-electron chi connectivity index (χ3n) is 4.97. The molecule has 2 aromatic heterocycles. The Morgan fingerprint density at radius 1 is 1.13 bits per heavy atom. The molecule has 4 rings (SSSR count). The van der Waals surface area contributed by atoms with E-state index in [0.717, 1.165) is 25.3 Å². The van der Waals surface area contributed by atoms with Crippen LogP contribution < -0.4 is 10.2 Å². The van der Waals surface area contributed by atoms with Crippen LogP contribution in [0.3, 0.4) is 0 Å². The van der Waals surface area contributed by atoms with E-state index in [1.807, 2.05) is 0 Å². The molecule has 3 heterocycles. The van der Waals surface area contributed by atoms with Crippen molar-refractivity contribution in [3.63, 3.8) is 0 Å². The molecular formula is C21H27Cl2FN6O. The van der Waals surface area contributed by atoms with Gasteiger partial charge in [-0.05, 0) is 44.9 Å². The largest absolute Gasteiger partial charge is 0.507 e. The quantitative estimate of drug-likeness (QED) is 0.531. The first-order valence-corrected chi connectivity index (χ1v) is 9.67. The molecular weight excluding hydrogens is 442 g/mol. The van der Waals surface area contributed by atoms with Crippen LogP contribution in [-0.2, 0) is 0 Å². The molecule has 0 bridgehead atoms. The summed E-state index contributed by atoms with van der Waals surface area (Å²) in [5.74, 6) is 0.301. The molecule has 1 aromatic carbocycles. The van der Waals surface area contributed by atoms with Crippen molar-refractivity contribution >= 4 is 30.6 Å². The van der Waals surface area contributed by atoms with Crippen molar-refractivity contribution < 1.29 is 9.50 Å². The van der Waals surface area contributed by atoms with Crippen molar-refractivity contribution in [3.8, 4) is 28.1 Å². The topological polar surface area (TPSA) is 90.0 Å². The lowest BCUT2D eigenvalue weighted by Crippen LogP contribution is -2.44. The fraction of sp³-hybridized carbons (Fsp3) is 0.381. The number of aromatic nitrogens is 4. The number of H-pyrrole nitrogens is 1. The lowest BCUT2D eigenvalue weighted by atomic mass is 10.0. The van der Waals surface area contributed by atoms with Crippen LogP contribution in [0.2, 0.25) is 0 Å². The highest BCUT2D eigenvalue weighted by Crippen LogP contribution is 2.33. The maximum Gasteiger partial charge on any atom is 0.216 e. The van der Waals surface area contributed by atoms with E-state index in [4.69, 9.17) is 0 Å². The minimum absolute atomic E-state index is 0. The Balaban J connectivity index is 0.00000171. The molecule has 3 aromatic rings. The highest BCUT2D eigenvalue weighted by Gasteiger charge is 2.26. The first kappa shape index (κ1) is 24.8. The van der Waals surface area contributed by atoms with Gasteiger partial charge >= 0.3 is 0 Å². The highest BCUT2D eigenvalue weighted by atomic mass is 35.5. The second-order valence-corrected chi connectivity index (χ2v) is 8.42. The van der Waals surface area contributed by atoms with E-state index in [1.54, 1.807) is 24.5 Å². The Morgan fingerprint density at radius 2 is 1.90 bits per heavy atom. The maximum absolute atomic E-state index is 13.7. The van der Waals surface area contributed by atoms with E-state index in [1.165, 1.54) is 12.3 Å². The molecule has 10 heteroatoms. The molecule has 1 atom stereocenters. The van der Waals surface area contributed by atoms with Gasteiger partial charge in [-0.2, -0.15) is 9.49 Å². The smallest absolute Gasteiger partial charge is 0.216 e. The van der Waals surface area contributed by atoms with Gasteiger partial charge in [-0.1, -0.05) is 6.07 Å². The molecule has 1 fully saturated rings.